The Balaban J connectivity index is 1.47. The standard InChI is InChI=1S/C27H36ClFN6O3/c1-4-38-21-13-20(36)23(29)24(22(21)28)34-15-16-14-30-26(31-17-9-11-18(12-10-17)33(2)3)32-25(16)35(27(34)37)19-7-5-6-8-19/h13-14,17-19,36H,4-12,15H2,1-3H3,(H,30,31,32). The van der Waals surface area contributed by atoms with Crippen LogP contribution in [0, 0.1) is 5.82 Å². The lowest BCUT2D eigenvalue weighted by Crippen LogP contribution is -2.52. The Morgan fingerprint density at radius 1 is 1.21 bits per heavy atom. The highest BCUT2D eigenvalue weighted by atomic mass is 35.5. The number of ether oxygens (including phenoxy) is 1. The van der Waals surface area contributed by atoms with E-state index < -0.39 is 17.6 Å². The fourth-order valence-electron chi connectivity index (χ4n) is 5.91. The summed E-state index contributed by atoms with van der Waals surface area (Å²) in [5.41, 5.74) is 0.490. The van der Waals surface area contributed by atoms with Crippen LogP contribution in [0.1, 0.15) is 63.9 Å². The minimum atomic E-state index is -0.964. The van der Waals surface area contributed by atoms with Crippen molar-refractivity contribution >= 4 is 35.1 Å². The highest BCUT2D eigenvalue weighted by Crippen LogP contribution is 2.45. The number of aromatic nitrogens is 2. The largest absolute Gasteiger partial charge is 0.505 e. The Hall–Kier alpha value is -2.85. The van der Waals surface area contributed by atoms with Gasteiger partial charge in [0, 0.05) is 36.0 Å². The molecule has 2 fully saturated rings. The molecule has 0 bridgehead atoms. The van der Waals surface area contributed by atoms with Crippen molar-refractivity contribution in [2.45, 2.75) is 83.0 Å². The highest BCUT2D eigenvalue weighted by molar-refractivity contribution is 6.35. The molecule has 3 aliphatic rings. The van der Waals surface area contributed by atoms with Crippen LogP contribution in [0.25, 0.3) is 0 Å². The predicted molar refractivity (Wildman–Crippen MR) is 146 cm³/mol. The minimum absolute atomic E-state index is 0.0251. The maximum absolute atomic E-state index is 15.3. The van der Waals surface area contributed by atoms with Gasteiger partial charge < -0.3 is 20.1 Å². The number of nitrogens with zero attached hydrogens (tertiary/aromatic N) is 5. The van der Waals surface area contributed by atoms with Crippen LogP contribution in [0.3, 0.4) is 0 Å². The maximum Gasteiger partial charge on any atom is 0.330 e. The first-order valence-electron chi connectivity index (χ1n) is 13.5. The van der Waals surface area contributed by atoms with Crippen LogP contribution in [-0.4, -0.2) is 64.8 Å². The Labute approximate surface area is 227 Å². The maximum atomic E-state index is 15.3. The first-order valence-corrected chi connectivity index (χ1v) is 13.9. The first-order chi connectivity index (χ1) is 18.3. The lowest BCUT2D eigenvalue weighted by atomic mass is 9.91. The zero-order chi connectivity index (χ0) is 27.0. The molecule has 2 aliphatic carbocycles. The van der Waals surface area contributed by atoms with E-state index in [1.165, 1.54) is 4.90 Å². The fourth-order valence-corrected chi connectivity index (χ4v) is 6.21. The fraction of sp³-hybridized carbons (Fsp3) is 0.593. The van der Waals surface area contributed by atoms with Gasteiger partial charge >= 0.3 is 6.03 Å². The number of hydrogen-bond acceptors (Lipinski definition) is 7. The molecular formula is C27H36ClFN6O3. The molecule has 2 saturated carbocycles. The highest BCUT2D eigenvalue weighted by Gasteiger charge is 2.41. The van der Waals surface area contributed by atoms with Crippen molar-refractivity contribution in [2.75, 3.05) is 35.8 Å². The number of benzene rings is 1. The summed E-state index contributed by atoms with van der Waals surface area (Å²) >= 11 is 6.53. The Bertz CT molecular complexity index is 1180. The van der Waals surface area contributed by atoms with Crippen molar-refractivity contribution < 1.29 is 19.0 Å². The second-order valence-electron chi connectivity index (χ2n) is 10.6. The quantitative estimate of drug-likeness (QED) is 0.470. The van der Waals surface area contributed by atoms with E-state index in [1.54, 1.807) is 18.0 Å². The van der Waals surface area contributed by atoms with Crippen molar-refractivity contribution in [1.82, 2.24) is 14.9 Å². The molecule has 9 nitrogen and oxygen atoms in total. The number of rotatable bonds is 7. The third-order valence-electron chi connectivity index (χ3n) is 7.98. The van der Waals surface area contributed by atoms with Gasteiger partial charge in [-0.2, -0.15) is 4.98 Å². The van der Waals surface area contributed by atoms with Gasteiger partial charge in [0.05, 0.1) is 13.2 Å². The number of hydrogen-bond donors (Lipinski definition) is 2. The number of carbonyl (C=O) groups excluding carboxylic acids is 1. The summed E-state index contributed by atoms with van der Waals surface area (Å²) in [4.78, 5) is 28.6. The van der Waals surface area contributed by atoms with Crippen molar-refractivity contribution in [3.05, 3.63) is 28.7 Å². The van der Waals surface area contributed by atoms with Crippen LogP contribution < -0.4 is 19.9 Å². The molecule has 0 radical (unpaired) electrons. The Morgan fingerprint density at radius 2 is 1.92 bits per heavy atom. The molecule has 2 amide bonds. The van der Waals surface area contributed by atoms with Gasteiger partial charge in [0.25, 0.3) is 0 Å². The third-order valence-corrected chi connectivity index (χ3v) is 8.35. The molecule has 1 aliphatic heterocycles. The molecule has 0 unspecified atom stereocenters. The number of fused-ring (bicyclic) bond motifs is 1. The zero-order valence-electron chi connectivity index (χ0n) is 22.2. The van der Waals surface area contributed by atoms with Gasteiger partial charge in [-0.1, -0.05) is 24.4 Å². The first kappa shape index (κ1) is 26.7. The summed E-state index contributed by atoms with van der Waals surface area (Å²) in [6.07, 6.45) is 9.65. The van der Waals surface area contributed by atoms with Crippen LogP contribution in [0.15, 0.2) is 12.3 Å². The normalized spacial score (nSPS) is 22.2. The van der Waals surface area contributed by atoms with Gasteiger partial charge in [-0.25, -0.2) is 14.2 Å². The number of aromatic hydroxyl groups is 1. The van der Waals surface area contributed by atoms with E-state index in [0.717, 1.165) is 57.4 Å². The molecule has 38 heavy (non-hydrogen) atoms. The summed E-state index contributed by atoms with van der Waals surface area (Å²) in [6.45, 7) is 2.06. The molecule has 2 aromatic rings. The average molecular weight is 547 g/mol. The average Bonchev–Trinajstić information content (AvgIpc) is 3.43. The molecule has 2 N–H and O–H groups in total. The number of halogens is 2. The number of nitrogens with one attached hydrogen (secondary N) is 1. The van der Waals surface area contributed by atoms with Crippen LogP contribution in [0.2, 0.25) is 5.02 Å². The zero-order valence-corrected chi connectivity index (χ0v) is 23.0. The van der Waals surface area contributed by atoms with E-state index in [1.807, 2.05) is 0 Å². The van der Waals surface area contributed by atoms with Crippen molar-refractivity contribution in [3.63, 3.8) is 0 Å². The van der Waals surface area contributed by atoms with E-state index in [2.05, 4.69) is 29.3 Å². The van der Waals surface area contributed by atoms with E-state index in [4.69, 9.17) is 21.3 Å². The Morgan fingerprint density at radius 3 is 2.58 bits per heavy atom. The van der Waals surface area contributed by atoms with Crippen molar-refractivity contribution in [1.29, 1.82) is 0 Å². The molecule has 0 atom stereocenters. The van der Waals surface area contributed by atoms with Crippen LogP contribution in [0.4, 0.5) is 26.6 Å². The van der Waals surface area contributed by atoms with E-state index in [9.17, 15) is 9.90 Å². The van der Waals surface area contributed by atoms with Gasteiger partial charge in [0.15, 0.2) is 11.6 Å². The molecule has 11 heteroatoms. The van der Waals surface area contributed by atoms with Crippen LogP contribution in [-0.2, 0) is 6.54 Å². The number of carbonyl (C=O) groups is 1. The Kier molecular flexibility index (Phi) is 7.81. The van der Waals surface area contributed by atoms with Gasteiger partial charge in [-0.15, -0.1) is 0 Å². The second kappa shape index (κ2) is 11.1. The van der Waals surface area contributed by atoms with E-state index in [0.29, 0.717) is 23.4 Å². The number of anilines is 3. The summed E-state index contributed by atoms with van der Waals surface area (Å²) in [5.74, 6) is -0.414. The lowest BCUT2D eigenvalue weighted by Gasteiger charge is -2.39. The molecule has 1 aromatic heterocycles. The van der Waals surface area contributed by atoms with Gasteiger partial charge in [-0.05, 0) is 59.5 Å². The molecule has 5 rings (SSSR count). The van der Waals surface area contributed by atoms with Crippen LogP contribution >= 0.6 is 11.6 Å². The van der Waals surface area contributed by atoms with Gasteiger partial charge in [0.2, 0.25) is 5.95 Å². The summed E-state index contributed by atoms with van der Waals surface area (Å²) in [5, 5.41) is 13.7. The molecule has 206 valence electrons. The summed E-state index contributed by atoms with van der Waals surface area (Å²) in [7, 11) is 4.24. The SMILES string of the molecule is CCOc1cc(O)c(F)c(N2Cc3cnc(NC4CCC(N(C)C)CC4)nc3N(C3CCCC3)C2=O)c1Cl. The molecule has 0 spiro atoms. The summed E-state index contributed by atoms with van der Waals surface area (Å²) in [6, 6.07) is 1.51. The number of phenolic OH excluding ortho intramolecular Hbond substituents is 1. The topological polar surface area (TPSA) is 94.1 Å². The van der Waals surface area contributed by atoms with Gasteiger partial charge in [0.1, 0.15) is 22.3 Å². The molecular weight excluding hydrogens is 511 g/mol. The van der Waals surface area contributed by atoms with E-state index >= 15 is 4.39 Å². The smallest absolute Gasteiger partial charge is 0.330 e. The monoisotopic (exact) mass is 546 g/mol. The third kappa shape index (κ3) is 5.08. The minimum Gasteiger partial charge on any atom is -0.505 e. The molecule has 0 saturated heterocycles. The summed E-state index contributed by atoms with van der Waals surface area (Å²) < 4.78 is 20.8. The second-order valence-corrected chi connectivity index (χ2v) is 11.0. The predicted octanol–water partition coefficient (Wildman–Crippen LogP) is 5.55. The van der Waals surface area contributed by atoms with Crippen molar-refractivity contribution in [3.8, 4) is 11.5 Å². The number of urea groups is 1. The lowest BCUT2D eigenvalue weighted by molar-refractivity contribution is 0.221. The molecule has 2 heterocycles. The molecule has 1 aromatic carbocycles. The van der Waals surface area contributed by atoms with Gasteiger partial charge in [-0.3, -0.25) is 9.80 Å². The number of phenols is 1. The van der Waals surface area contributed by atoms with E-state index in [-0.39, 0.29) is 41.7 Å². The van der Waals surface area contributed by atoms with Crippen molar-refractivity contribution in [2.24, 2.45) is 0 Å². The van der Waals surface area contributed by atoms with Crippen LogP contribution in [0.5, 0.6) is 11.5 Å². The number of amides is 2.